The largest absolute Gasteiger partial charge is 0.372 e. The van der Waals surface area contributed by atoms with Crippen LogP contribution in [-0.2, 0) is 11.2 Å². The van der Waals surface area contributed by atoms with Crippen molar-refractivity contribution in [1.82, 2.24) is 19.8 Å². The van der Waals surface area contributed by atoms with Crippen molar-refractivity contribution >= 4 is 11.7 Å². The van der Waals surface area contributed by atoms with Crippen LogP contribution in [0.2, 0.25) is 0 Å². The molecule has 1 amide bonds. The minimum atomic E-state index is 0.322. The van der Waals surface area contributed by atoms with Crippen LogP contribution in [-0.4, -0.2) is 65.4 Å². The Balaban J connectivity index is 1.49. The molecular weight excluding hydrogens is 314 g/mol. The van der Waals surface area contributed by atoms with E-state index in [-0.39, 0.29) is 0 Å². The molecular formula is C19H31N5O. The van der Waals surface area contributed by atoms with Crippen LogP contribution in [0.4, 0.5) is 5.82 Å². The van der Waals surface area contributed by atoms with Crippen molar-refractivity contribution in [3.8, 4) is 0 Å². The number of rotatable bonds is 6. The second kappa shape index (κ2) is 9.13. The molecule has 1 aromatic rings. The number of nitrogens with one attached hydrogen (secondary N) is 1. The Morgan fingerprint density at radius 3 is 2.76 bits per heavy atom. The lowest BCUT2D eigenvalue weighted by molar-refractivity contribution is -0.133. The SMILES string of the molecule is CNc1nccnc1CC1CCCN(C(=O)CCN2CCCCC2)C1. The van der Waals surface area contributed by atoms with Gasteiger partial charge in [0.05, 0.1) is 5.69 Å². The van der Waals surface area contributed by atoms with E-state index in [1.165, 1.54) is 19.3 Å². The lowest BCUT2D eigenvalue weighted by Gasteiger charge is -2.34. The third kappa shape index (κ3) is 5.14. The number of hydrogen-bond donors (Lipinski definition) is 1. The smallest absolute Gasteiger partial charge is 0.223 e. The van der Waals surface area contributed by atoms with E-state index in [0.717, 1.165) is 63.5 Å². The van der Waals surface area contributed by atoms with Crippen molar-refractivity contribution in [2.45, 2.75) is 44.9 Å². The molecule has 2 fully saturated rings. The molecule has 138 valence electrons. The van der Waals surface area contributed by atoms with Gasteiger partial charge in [0.1, 0.15) is 5.82 Å². The Labute approximate surface area is 151 Å². The van der Waals surface area contributed by atoms with Crippen molar-refractivity contribution in [1.29, 1.82) is 0 Å². The molecule has 1 N–H and O–H groups in total. The van der Waals surface area contributed by atoms with Gasteiger partial charge < -0.3 is 15.1 Å². The quantitative estimate of drug-likeness (QED) is 0.856. The van der Waals surface area contributed by atoms with Gasteiger partial charge in [-0.15, -0.1) is 0 Å². The number of aromatic nitrogens is 2. The van der Waals surface area contributed by atoms with Crippen molar-refractivity contribution in [3.63, 3.8) is 0 Å². The summed E-state index contributed by atoms with van der Waals surface area (Å²) in [6.45, 7) is 5.02. The highest BCUT2D eigenvalue weighted by molar-refractivity contribution is 5.76. The van der Waals surface area contributed by atoms with Gasteiger partial charge in [-0.2, -0.15) is 0 Å². The van der Waals surface area contributed by atoms with Gasteiger partial charge in [-0.25, -0.2) is 4.98 Å². The van der Waals surface area contributed by atoms with Crippen molar-refractivity contribution in [2.24, 2.45) is 5.92 Å². The fraction of sp³-hybridized carbons (Fsp3) is 0.737. The fourth-order valence-corrected chi connectivity index (χ4v) is 4.05. The highest BCUT2D eigenvalue weighted by Crippen LogP contribution is 2.23. The monoisotopic (exact) mass is 345 g/mol. The Hall–Kier alpha value is -1.69. The molecule has 6 heteroatoms. The van der Waals surface area contributed by atoms with Crippen LogP contribution < -0.4 is 5.32 Å². The van der Waals surface area contributed by atoms with Crippen LogP contribution in [0.1, 0.15) is 44.2 Å². The number of piperidine rings is 2. The molecule has 6 nitrogen and oxygen atoms in total. The Bertz CT molecular complexity index is 559. The highest BCUT2D eigenvalue weighted by Gasteiger charge is 2.25. The maximum Gasteiger partial charge on any atom is 0.223 e. The molecule has 0 aromatic carbocycles. The maximum absolute atomic E-state index is 12.6. The van der Waals surface area contributed by atoms with Crippen molar-refractivity contribution < 1.29 is 4.79 Å². The molecule has 2 saturated heterocycles. The standard InChI is InChI=1S/C19H31N5O/c1-20-19-17(21-8-9-22-19)14-16-6-5-12-24(15-16)18(25)7-13-23-10-3-2-4-11-23/h8-9,16H,2-7,10-15H2,1H3,(H,20,22). The molecule has 3 rings (SSSR count). The molecule has 0 saturated carbocycles. The Morgan fingerprint density at radius 2 is 1.96 bits per heavy atom. The van der Waals surface area contributed by atoms with E-state index < -0.39 is 0 Å². The second-order valence-corrected chi connectivity index (χ2v) is 7.31. The molecule has 2 aliphatic heterocycles. The van der Waals surface area contributed by atoms with Crippen LogP contribution in [0.25, 0.3) is 0 Å². The van der Waals surface area contributed by atoms with Gasteiger partial charge in [-0.1, -0.05) is 6.42 Å². The topological polar surface area (TPSA) is 61.4 Å². The number of likely N-dealkylation sites (tertiary alicyclic amines) is 2. The summed E-state index contributed by atoms with van der Waals surface area (Å²) in [5.74, 6) is 1.66. The first-order valence-corrected chi connectivity index (χ1v) is 9.74. The molecule has 1 aromatic heterocycles. The molecule has 0 bridgehead atoms. The minimum Gasteiger partial charge on any atom is -0.372 e. The number of anilines is 1. The minimum absolute atomic E-state index is 0.322. The highest BCUT2D eigenvalue weighted by atomic mass is 16.2. The zero-order chi connectivity index (χ0) is 17.5. The van der Waals surface area contributed by atoms with Gasteiger partial charge in [0.15, 0.2) is 0 Å². The summed E-state index contributed by atoms with van der Waals surface area (Å²) in [6.07, 6.45) is 11.2. The summed E-state index contributed by atoms with van der Waals surface area (Å²) in [4.78, 5) is 26.0. The van der Waals surface area contributed by atoms with E-state index in [4.69, 9.17) is 0 Å². The van der Waals surface area contributed by atoms with Crippen LogP contribution in [0, 0.1) is 5.92 Å². The summed E-state index contributed by atoms with van der Waals surface area (Å²) in [5.41, 5.74) is 1.01. The molecule has 3 heterocycles. The van der Waals surface area contributed by atoms with E-state index in [2.05, 4.69) is 25.1 Å². The van der Waals surface area contributed by atoms with Gasteiger partial charge in [-0.3, -0.25) is 9.78 Å². The zero-order valence-electron chi connectivity index (χ0n) is 15.4. The normalized spacial score (nSPS) is 22.0. The van der Waals surface area contributed by atoms with Gasteiger partial charge in [-0.05, 0) is 51.1 Å². The van der Waals surface area contributed by atoms with E-state index in [1.54, 1.807) is 12.4 Å². The summed E-state index contributed by atoms with van der Waals surface area (Å²) >= 11 is 0. The Kier molecular flexibility index (Phi) is 6.62. The summed E-state index contributed by atoms with van der Waals surface area (Å²) in [5, 5.41) is 3.12. The molecule has 1 atom stereocenters. The van der Waals surface area contributed by atoms with Crippen LogP contribution >= 0.6 is 0 Å². The van der Waals surface area contributed by atoms with Gasteiger partial charge in [0, 0.05) is 45.5 Å². The van der Waals surface area contributed by atoms with Gasteiger partial charge in [0.25, 0.3) is 0 Å². The number of nitrogens with zero attached hydrogens (tertiary/aromatic N) is 4. The van der Waals surface area contributed by atoms with Crippen molar-refractivity contribution in [2.75, 3.05) is 45.1 Å². The summed E-state index contributed by atoms with van der Waals surface area (Å²) < 4.78 is 0. The average Bonchev–Trinajstić information content (AvgIpc) is 2.67. The summed E-state index contributed by atoms with van der Waals surface area (Å²) in [6, 6.07) is 0. The van der Waals surface area contributed by atoms with E-state index in [0.29, 0.717) is 18.2 Å². The lowest BCUT2D eigenvalue weighted by atomic mass is 9.93. The Morgan fingerprint density at radius 1 is 1.16 bits per heavy atom. The molecule has 0 radical (unpaired) electrons. The van der Waals surface area contributed by atoms with Crippen LogP contribution in [0.5, 0.6) is 0 Å². The number of carbonyl (C=O) groups is 1. The van der Waals surface area contributed by atoms with E-state index in [1.807, 2.05) is 7.05 Å². The predicted molar refractivity (Wildman–Crippen MR) is 99.5 cm³/mol. The fourth-order valence-electron chi connectivity index (χ4n) is 4.05. The number of hydrogen-bond acceptors (Lipinski definition) is 5. The predicted octanol–water partition coefficient (Wildman–Crippen LogP) is 2.18. The molecule has 0 aliphatic carbocycles. The lowest BCUT2D eigenvalue weighted by Crippen LogP contribution is -2.42. The van der Waals surface area contributed by atoms with E-state index >= 15 is 0 Å². The first kappa shape index (κ1) is 18.1. The third-order valence-corrected chi connectivity index (χ3v) is 5.46. The summed E-state index contributed by atoms with van der Waals surface area (Å²) in [7, 11) is 1.88. The molecule has 0 spiro atoms. The number of amides is 1. The zero-order valence-corrected chi connectivity index (χ0v) is 15.4. The van der Waals surface area contributed by atoms with Gasteiger partial charge >= 0.3 is 0 Å². The third-order valence-electron chi connectivity index (χ3n) is 5.46. The average molecular weight is 345 g/mol. The number of carbonyl (C=O) groups excluding carboxylic acids is 1. The van der Waals surface area contributed by atoms with E-state index in [9.17, 15) is 4.79 Å². The van der Waals surface area contributed by atoms with Crippen LogP contribution in [0.15, 0.2) is 12.4 Å². The van der Waals surface area contributed by atoms with Gasteiger partial charge in [0.2, 0.25) is 5.91 Å². The van der Waals surface area contributed by atoms with Crippen molar-refractivity contribution in [3.05, 3.63) is 18.1 Å². The molecule has 1 unspecified atom stereocenters. The first-order valence-electron chi connectivity index (χ1n) is 9.74. The van der Waals surface area contributed by atoms with Crippen LogP contribution in [0.3, 0.4) is 0 Å². The first-order chi connectivity index (χ1) is 12.3. The maximum atomic E-state index is 12.6. The molecule has 2 aliphatic rings. The second-order valence-electron chi connectivity index (χ2n) is 7.31. The molecule has 25 heavy (non-hydrogen) atoms.